The van der Waals surface area contributed by atoms with E-state index < -0.39 is 7.80 Å². The minimum atomic E-state index is -1.42. The summed E-state index contributed by atoms with van der Waals surface area (Å²) in [5, 5.41) is 8.77. The number of hydrogen-bond acceptors (Lipinski definition) is 2. The minimum absolute atomic E-state index is 0.883. The molecule has 2 rings (SSSR count). The molecule has 16 heavy (non-hydrogen) atoms. The van der Waals surface area contributed by atoms with Crippen molar-refractivity contribution in [2.24, 2.45) is 0 Å². The van der Waals surface area contributed by atoms with E-state index in [0.29, 0.717) is 0 Å². The average Bonchev–Trinajstić information content (AvgIpc) is 2.42. The summed E-state index contributed by atoms with van der Waals surface area (Å²) in [7, 11) is -0.421. The summed E-state index contributed by atoms with van der Waals surface area (Å²) in [6.07, 6.45) is 0. The monoisotopic (exact) mass is 233 g/mol. The number of aliphatic hydroxyl groups excluding tert-OH is 1. The van der Waals surface area contributed by atoms with E-state index in [2.05, 4.69) is 0 Å². The van der Waals surface area contributed by atoms with Crippen molar-refractivity contribution in [1.29, 1.82) is 0 Å². The molecule has 0 radical (unpaired) electrons. The van der Waals surface area contributed by atoms with Crippen molar-refractivity contribution in [3.05, 3.63) is 60.7 Å². The van der Waals surface area contributed by atoms with Gasteiger partial charge in [-0.05, 0) is 24.3 Å². The van der Waals surface area contributed by atoms with Crippen LogP contribution in [0.3, 0.4) is 0 Å². The first-order valence-corrected chi connectivity index (χ1v) is 6.16. The van der Waals surface area contributed by atoms with Crippen LogP contribution in [0.15, 0.2) is 60.7 Å². The van der Waals surface area contributed by atoms with Gasteiger partial charge in [0, 0.05) is 7.11 Å². The topological polar surface area (TPSA) is 37.3 Å². The zero-order valence-corrected chi connectivity index (χ0v) is 9.97. The summed E-state index contributed by atoms with van der Waals surface area (Å²) in [4.78, 5) is 0. The third-order valence-corrected chi connectivity index (χ3v) is 3.52. The van der Waals surface area contributed by atoms with E-state index in [1.165, 1.54) is 0 Å². The van der Waals surface area contributed by atoms with E-state index in [1.807, 2.05) is 60.7 Å². The second-order valence-electron chi connectivity index (χ2n) is 2.97. The fourth-order valence-corrected chi connectivity index (χ4v) is 2.46. The Hall–Kier alpha value is -1.50. The Labute approximate surface area is 96.4 Å². The van der Waals surface area contributed by atoms with Gasteiger partial charge >= 0.3 is 7.80 Å². The number of hydrogen-bond donors (Lipinski definition) is 1. The molecule has 1 N–H and O–H groups in total. The predicted molar refractivity (Wildman–Crippen MR) is 67.9 cm³/mol. The number of rotatable bonds is 2. The van der Waals surface area contributed by atoms with Crippen molar-refractivity contribution in [3.63, 3.8) is 0 Å². The molecule has 0 amide bonds. The third kappa shape index (κ3) is 3.27. The lowest BCUT2D eigenvalue weighted by atomic mass is 10.4. The van der Waals surface area contributed by atoms with Crippen LogP contribution in [-0.2, 0) is 4.57 Å². The molecule has 0 atom stereocenters. The summed E-state index contributed by atoms with van der Waals surface area (Å²) in [5.74, 6) is 0. The number of aliphatic hydroxyl groups is 1. The molecule has 0 saturated carbocycles. The molecule has 2 nitrogen and oxygen atoms in total. The van der Waals surface area contributed by atoms with E-state index in [4.69, 9.17) is 5.11 Å². The van der Waals surface area contributed by atoms with Gasteiger partial charge in [0.2, 0.25) is 0 Å². The fraction of sp³-hybridized carbons (Fsp3) is 0.0769. The summed E-state index contributed by atoms with van der Waals surface area (Å²) in [6, 6.07) is 19.1. The van der Waals surface area contributed by atoms with Crippen LogP contribution in [0.4, 0.5) is 0 Å². The minimum Gasteiger partial charge on any atom is -0.400 e. The Balaban J connectivity index is 0.000000606. The Bertz CT molecular complexity index is 385. The van der Waals surface area contributed by atoms with Crippen LogP contribution < -0.4 is 10.6 Å². The molecule has 0 aliphatic rings. The van der Waals surface area contributed by atoms with Crippen LogP contribution in [0.25, 0.3) is 0 Å². The van der Waals surface area contributed by atoms with Gasteiger partial charge in [0.15, 0.2) is 10.6 Å². The van der Waals surface area contributed by atoms with Gasteiger partial charge in [0.25, 0.3) is 0 Å². The van der Waals surface area contributed by atoms with E-state index in [-0.39, 0.29) is 0 Å². The van der Waals surface area contributed by atoms with Crippen molar-refractivity contribution < 1.29 is 9.67 Å². The molecule has 0 unspecified atom stereocenters. The molecule has 0 aliphatic carbocycles. The van der Waals surface area contributed by atoms with Crippen LogP contribution in [0.2, 0.25) is 0 Å². The van der Waals surface area contributed by atoms with Gasteiger partial charge in [0.05, 0.1) is 0 Å². The van der Waals surface area contributed by atoms with Gasteiger partial charge in [0.1, 0.15) is 0 Å². The third-order valence-electron chi connectivity index (χ3n) is 1.98. The lowest BCUT2D eigenvalue weighted by Gasteiger charge is -1.87. The highest BCUT2D eigenvalue weighted by atomic mass is 31.1. The standard InChI is InChI=1S/C12H10OP.CH4O/c13-14(11-7-3-1-4-8-11)12-9-5-2-6-10-12;1-2/h1-10H;2H,1H3/q+1;. The Morgan fingerprint density at radius 1 is 0.750 bits per heavy atom. The predicted octanol–water partition coefficient (Wildman–Crippen LogP) is 2.07. The first-order valence-electron chi connectivity index (χ1n) is 4.90. The maximum atomic E-state index is 12.0. The molecule has 2 aromatic rings. The van der Waals surface area contributed by atoms with Gasteiger partial charge < -0.3 is 5.11 Å². The second-order valence-corrected chi connectivity index (χ2v) is 4.59. The average molecular weight is 233 g/mol. The highest BCUT2D eigenvalue weighted by Crippen LogP contribution is 2.18. The highest BCUT2D eigenvalue weighted by molar-refractivity contribution is 7.61. The smallest absolute Gasteiger partial charge is 0.400 e. The normalized spacial score (nSPS) is 8.88. The van der Waals surface area contributed by atoms with E-state index in [0.717, 1.165) is 17.7 Å². The molecule has 0 fully saturated rings. The summed E-state index contributed by atoms with van der Waals surface area (Å²) in [6.45, 7) is 0. The summed E-state index contributed by atoms with van der Waals surface area (Å²) in [5.41, 5.74) is 0. The van der Waals surface area contributed by atoms with Gasteiger partial charge in [-0.15, -0.1) is 0 Å². The van der Waals surface area contributed by atoms with Gasteiger partial charge in [-0.25, -0.2) is 0 Å². The first kappa shape index (κ1) is 12.6. The van der Waals surface area contributed by atoms with Crippen molar-refractivity contribution in [1.82, 2.24) is 0 Å². The molecule has 0 spiro atoms. The van der Waals surface area contributed by atoms with Crippen LogP contribution in [0.5, 0.6) is 0 Å². The van der Waals surface area contributed by atoms with Crippen LogP contribution >= 0.6 is 7.80 Å². The van der Waals surface area contributed by atoms with Crippen LogP contribution in [-0.4, -0.2) is 12.2 Å². The molecule has 2 aromatic carbocycles. The molecule has 3 heteroatoms. The molecule has 0 aromatic heterocycles. The van der Waals surface area contributed by atoms with Gasteiger partial charge in [-0.1, -0.05) is 41.0 Å². The van der Waals surface area contributed by atoms with Gasteiger partial charge in [-0.2, -0.15) is 0 Å². The van der Waals surface area contributed by atoms with E-state index in [9.17, 15) is 4.57 Å². The quantitative estimate of drug-likeness (QED) is 0.806. The SMILES string of the molecule is CO.O=[P+](c1ccccc1)c1ccccc1. The zero-order valence-electron chi connectivity index (χ0n) is 9.08. The van der Waals surface area contributed by atoms with E-state index >= 15 is 0 Å². The van der Waals surface area contributed by atoms with Crippen molar-refractivity contribution in [2.75, 3.05) is 7.11 Å². The van der Waals surface area contributed by atoms with Crippen LogP contribution in [0.1, 0.15) is 0 Å². The first-order chi connectivity index (χ1) is 7.88. The zero-order chi connectivity index (χ0) is 11.8. The Morgan fingerprint density at radius 2 is 1.06 bits per heavy atom. The van der Waals surface area contributed by atoms with Gasteiger partial charge in [-0.3, -0.25) is 0 Å². The Kier molecular flexibility index (Phi) is 5.41. The van der Waals surface area contributed by atoms with E-state index in [1.54, 1.807) is 0 Å². The Morgan fingerprint density at radius 3 is 1.38 bits per heavy atom. The number of benzene rings is 2. The molecular formula is C13H14O2P+. The molecule has 0 heterocycles. The molecule has 0 saturated heterocycles. The lowest BCUT2D eigenvalue weighted by molar-refractivity contribution is 0.399. The molecular weight excluding hydrogens is 219 g/mol. The molecule has 82 valence electrons. The summed E-state index contributed by atoms with van der Waals surface area (Å²) < 4.78 is 12.0. The van der Waals surface area contributed by atoms with Crippen molar-refractivity contribution in [2.45, 2.75) is 0 Å². The molecule has 0 bridgehead atoms. The van der Waals surface area contributed by atoms with Crippen molar-refractivity contribution >= 4 is 18.4 Å². The maximum Gasteiger partial charge on any atom is 0.415 e. The molecule has 0 aliphatic heterocycles. The maximum absolute atomic E-state index is 12.0. The van der Waals surface area contributed by atoms with Crippen molar-refractivity contribution in [3.8, 4) is 0 Å². The highest BCUT2D eigenvalue weighted by Gasteiger charge is 2.21. The summed E-state index contributed by atoms with van der Waals surface area (Å²) >= 11 is 0. The fourth-order valence-electron chi connectivity index (χ4n) is 1.28. The largest absolute Gasteiger partial charge is 0.415 e. The van der Waals surface area contributed by atoms with Crippen LogP contribution in [0, 0.1) is 0 Å². The second kappa shape index (κ2) is 6.89. The lowest BCUT2D eigenvalue weighted by Crippen LogP contribution is -2.04.